The molecule has 0 saturated heterocycles. The zero-order valence-electron chi connectivity index (χ0n) is 14.9. The average Bonchev–Trinajstić information content (AvgIpc) is 2.43. The zero-order chi connectivity index (χ0) is 19.4. The Morgan fingerprint density at radius 3 is 2.44 bits per heavy atom. The molecule has 7 nitrogen and oxygen atoms in total. The molecule has 0 bridgehead atoms. The van der Waals surface area contributed by atoms with Crippen molar-refractivity contribution in [3.63, 3.8) is 0 Å². The number of carbonyl (C=O) groups excluding carboxylic acids is 1. The molecule has 0 saturated carbocycles. The highest BCUT2D eigenvalue weighted by molar-refractivity contribution is 9.10. The number of aromatic nitrogens is 1. The van der Waals surface area contributed by atoms with Gasteiger partial charge in [-0.15, -0.1) is 0 Å². The van der Waals surface area contributed by atoms with Crippen molar-refractivity contribution in [2.45, 2.75) is 31.3 Å². The second-order valence-corrected chi connectivity index (χ2v) is 9.85. The van der Waals surface area contributed by atoms with Crippen LogP contribution in [0, 0.1) is 0 Å². The summed E-state index contributed by atoms with van der Waals surface area (Å²) in [5.41, 5.74) is -0.705. The molecule has 0 unspecified atom stereocenters. The summed E-state index contributed by atoms with van der Waals surface area (Å²) in [5.74, 6) is -0.631. The van der Waals surface area contributed by atoms with Crippen LogP contribution in [0.2, 0.25) is 5.15 Å². The van der Waals surface area contributed by atoms with E-state index in [9.17, 15) is 13.2 Å². The topological polar surface area (TPSA) is 79.8 Å². The third-order valence-electron chi connectivity index (χ3n) is 2.91. The minimum Gasteiger partial charge on any atom is -0.459 e. The van der Waals surface area contributed by atoms with Crippen molar-refractivity contribution in [1.29, 1.82) is 0 Å². The van der Waals surface area contributed by atoms with Crippen LogP contribution in [0.15, 0.2) is 21.6 Å². The SMILES string of the molecule is CN(C)CCN(CC(=O)OC(C)(C)C)S(=O)(=O)c1cc(Br)cnc1Cl. The van der Waals surface area contributed by atoms with E-state index in [1.807, 2.05) is 19.0 Å². The van der Waals surface area contributed by atoms with E-state index in [-0.39, 0.29) is 16.6 Å². The van der Waals surface area contributed by atoms with Crippen LogP contribution < -0.4 is 0 Å². The second kappa shape index (κ2) is 8.77. The average molecular weight is 457 g/mol. The Hall–Kier alpha value is -0.740. The molecule has 0 aromatic carbocycles. The number of esters is 1. The Bertz CT molecular complexity index is 720. The third kappa shape index (κ3) is 7.18. The molecule has 0 N–H and O–H groups in total. The summed E-state index contributed by atoms with van der Waals surface area (Å²) in [5, 5.41) is -0.151. The number of hydrogen-bond donors (Lipinski definition) is 0. The normalized spacial score (nSPS) is 12.7. The fourth-order valence-corrected chi connectivity index (χ4v) is 4.13. The molecule has 0 amide bonds. The van der Waals surface area contributed by atoms with Gasteiger partial charge in [-0.3, -0.25) is 4.79 Å². The Labute approximate surface area is 162 Å². The summed E-state index contributed by atoms with van der Waals surface area (Å²) in [4.78, 5) is 17.6. The van der Waals surface area contributed by atoms with Crippen LogP contribution in [0.5, 0.6) is 0 Å². The zero-order valence-corrected chi connectivity index (χ0v) is 18.1. The van der Waals surface area contributed by atoms with Crippen LogP contribution in [0.1, 0.15) is 20.8 Å². The first-order valence-corrected chi connectivity index (χ1v) is 10.1. The summed E-state index contributed by atoms with van der Waals surface area (Å²) in [7, 11) is -0.396. The molecule has 1 rings (SSSR count). The Morgan fingerprint density at radius 2 is 1.92 bits per heavy atom. The van der Waals surface area contributed by atoms with E-state index in [2.05, 4.69) is 20.9 Å². The van der Waals surface area contributed by atoms with Gasteiger partial charge in [0.15, 0.2) is 0 Å². The van der Waals surface area contributed by atoms with Gasteiger partial charge in [-0.25, -0.2) is 13.4 Å². The smallest absolute Gasteiger partial charge is 0.321 e. The maximum atomic E-state index is 13.0. The molecular formula is C15H23BrClN3O4S. The van der Waals surface area contributed by atoms with Crippen molar-refractivity contribution in [2.75, 3.05) is 33.7 Å². The van der Waals surface area contributed by atoms with Crippen molar-refractivity contribution in [3.05, 3.63) is 21.9 Å². The highest BCUT2D eigenvalue weighted by Crippen LogP contribution is 2.26. The fourth-order valence-electron chi connectivity index (χ4n) is 1.84. The molecule has 0 fully saturated rings. The van der Waals surface area contributed by atoms with E-state index in [1.54, 1.807) is 20.8 Å². The van der Waals surface area contributed by atoms with Crippen molar-refractivity contribution in [1.82, 2.24) is 14.2 Å². The standard InChI is InChI=1S/C15H23BrClN3O4S/c1-15(2,3)24-13(21)10-20(7-6-19(4)5)25(22,23)12-8-11(16)9-18-14(12)17/h8-9H,6-7,10H2,1-5H3. The summed E-state index contributed by atoms with van der Waals surface area (Å²) < 4.78 is 32.7. The van der Waals surface area contributed by atoms with E-state index >= 15 is 0 Å². The van der Waals surface area contributed by atoms with Gasteiger partial charge in [0, 0.05) is 23.8 Å². The lowest BCUT2D eigenvalue weighted by molar-refractivity contribution is -0.155. The van der Waals surface area contributed by atoms with Gasteiger partial charge in [-0.1, -0.05) is 11.6 Å². The maximum Gasteiger partial charge on any atom is 0.321 e. The second-order valence-electron chi connectivity index (χ2n) is 6.67. The van der Waals surface area contributed by atoms with E-state index in [1.165, 1.54) is 12.3 Å². The number of ether oxygens (including phenoxy) is 1. The predicted molar refractivity (Wildman–Crippen MR) is 100 cm³/mol. The van der Waals surface area contributed by atoms with Crippen molar-refractivity contribution >= 4 is 43.5 Å². The number of nitrogens with zero attached hydrogens (tertiary/aromatic N) is 3. The molecule has 0 radical (unpaired) electrons. The lowest BCUT2D eigenvalue weighted by Gasteiger charge is -2.26. The number of likely N-dealkylation sites (N-methyl/N-ethyl adjacent to an activating group) is 1. The molecule has 1 heterocycles. The van der Waals surface area contributed by atoms with Gasteiger partial charge in [-0.05, 0) is 56.9 Å². The highest BCUT2D eigenvalue weighted by Gasteiger charge is 2.31. The molecule has 0 aliphatic rings. The summed E-state index contributed by atoms with van der Waals surface area (Å²) in [6.07, 6.45) is 1.40. The predicted octanol–water partition coefficient (Wildman–Crippen LogP) is 2.39. The fraction of sp³-hybridized carbons (Fsp3) is 0.600. The van der Waals surface area contributed by atoms with Gasteiger partial charge < -0.3 is 9.64 Å². The molecule has 1 aromatic rings. The van der Waals surface area contributed by atoms with Gasteiger partial charge in [0.05, 0.1) is 0 Å². The van der Waals surface area contributed by atoms with Crippen molar-refractivity contribution in [3.8, 4) is 0 Å². The third-order valence-corrected chi connectivity index (χ3v) is 5.62. The first-order chi connectivity index (χ1) is 11.3. The summed E-state index contributed by atoms with van der Waals surface area (Å²) in [6.45, 7) is 5.30. The highest BCUT2D eigenvalue weighted by atomic mass is 79.9. The van der Waals surface area contributed by atoms with E-state index in [0.29, 0.717) is 11.0 Å². The van der Waals surface area contributed by atoms with Gasteiger partial charge >= 0.3 is 5.97 Å². The first-order valence-electron chi connectivity index (χ1n) is 7.50. The van der Waals surface area contributed by atoms with Crippen LogP contribution in [-0.4, -0.2) is 67.9 Å². The van der Waals surface area contributed by atoms with Gasteiger partial charge in [0.25, 0.3) is 0 Å². The molecule has 0 spiro atoms. The quantitative estimate of drug-likeness (QED) is 0.463. The molecule has 0 aliphatic heterocycles. The molecule has 25 heavy (non-hydrogen) atoms. The van der Waals surface area contributed by atoms with E-state index < -0.39 is 28.1 Å². The molecule has 0 aliphatic carbocycles. The van der Waals surface area contributed by atoms with Crippen LogP contribution in [0.25, 0.3) is 0 Å². The summed E-state index contributed by atoms with van der Waals surface area (Å²) >= 11 is 9.15. The molecule has 10 heteroatoms. The van der Waals surface area contributed by atoms with Gasteiger partial charge in [0.1, 0.15) is 22.2 Å². The van der Waals surface area contributed by atoms with E-state index in [0.717, 1.165) is 4.31 Å². The van der Waals surface area contributed by atoms with Crippen LogP contribution in [0.3, 0.4) is 0 Å². The Kier molecular flexibility index (Phi) is 7.82. The number of rotatable bonds is 7. The van der Waals surface area contributed by atoms with Crippen LogP contribution in [-0.2, 0) is 19.6 Å². The lowest BCUT2D eigenvalue weighted by atomic mass is 10.2. The van der Waals surface area contributed by atoms with Crippen molar-refractivity contribution < 1.29 is 17.9 Å². The largest absolute Gasteiger partial charge is 0.459 e. The summed E-state index contributed by atoms with van der Waals surface area (Å²) in [6, 6.07) is 1.36. The Morgan fingerprint density at radius 1 is 1.32 bits per heavy atom. The minimum absolute atomic E-state index is 0.109. The van der Waals surface area contributed by atoms with E-state index in [4.69, 9.17) is 16.3 Å². The monoisotopic (exact) mass is 455 g/mol. The molecular weight excluding hydrogens is 434 g/mol. The first kappa shape index (κ1) is 22.3. The number of pyridine rings is 1. The Balaban J connectivity index is 3.16. The van der Waals surface area contributed by atoms with Crippen LogP contribution in [0.4, 0.5) is 0 Å². The molecule has 1 aromatic heterocycles. The maximum absolute atomic E-state index is 13.0. The molecule has 0 atom stereocenters. The molecule has 142 valence electrons. The lowest BCUT2D eigenvalue weighted by Crippen LogP contribution is -2.42. The number of halogens is 2. The number of sulfonamides is 1. The number of carbonyl (C=O) groups is 1. The minimum atomic E-state index is -4.02. The number of hydrogen-bond acceptors (Lipinski definition) is 6. The van der Waals surface area contributed by atoms with Crippen molar-refractivity contribution in [2.24, 2.45) is 0 Å². The van der Waals surface area contributed by atoms with Crippen LogP contribution >= 0.6 is 27.5 Å². The van der Waals surface area contributed by atoms with Gasteiger partial charge in [-0.2, -0.15) is 4.31 Å². The van der Waals surface area contributed by atoms with Gasteiger partial charge in [0.2, 0.25) is 10.0 Å².